The Morgan fingerprint density at radius 1 is 0.884 bits per heavy atom. The van der Waals surface area contributed by atoms with Crippen LogP contribution in [0, 0.1) is 0 Å². The topological polar surface area (TPSA) is 91.2 Å². The highest BCUT2D eigenvalue weighted by Gasteiger charge is 2.37. The van der Waals surface area contributed by atoms with Crippen LogP contribution in [0.25, 0.3) is 11.2 Å². The van der Waals surface area contributed by atoms with Crippen LogP contribution in [0.15, 0.2) is 111 Å². The molecule has 224 valence electrons. The van der Waals surface area contributed by atoms with E-state index < -0.39 is 12.7 Å². The van der Waals surface area contributed by atoms with Gasteiger partial charge < -0.3 is 23.9 Å². The van der Waals surface area contributed by atoms with Crippen molar-refractivity contribution >= 4 is 24.1 Å². The van der Waals surface area contributed by atoms with Gasteiger partial charge in [-0.15, -0.1) is 13.2 Å². The molecule has 8 nitrogen and oxygen atoms in total. The van der Waals surface area contributed by atoms with E-state index in [1.807, 2.05) is 53.1 Å². The SMILES string of the molecule is C=C.COc1ccc(C(Nc2ncnc3c2ncn3C(C)CCOCP(C)(C)=O)(c2ccccc2)c2ccccc2)cc1. The first-order valence-corrected chi connectivity index (χ1v) is 16.9. The lowest BCUT2D eigenvalue weighted by molar-refractivity contribution is 0.161. The first-order chi connectivity index (χ1) is 20.8. The van der Waals surface area contributed by atoms with Crippen LogP contribution >= 0.6 is 7.14 Å². The Bertz CT molecular complexity index is 1600. The molecule has 0 spiro atoms. The Labute approximate surface area is 254 Å². The first-order valence-electron chi connectivity index (χ1n) is 14.1. The van der Waals surface area contributed by atoms with Gasteiger partial charge in [-0.2, -0.15) is 0 Å². The van der Waals surface area contributed by atoms with Crippen molar-refractivity contribution in [3.05, 3.63) is 127 Å². The number of nitrogens with one attached hydrogen (secondary N) is 1. The summed E-state index contributed by atoms with van der Waals surface area (Å²) in [6, 6.07) is 28.9. The van der Waals surface area contributed by atoms with E-state index in [1.165, 1.54) is 0 Å². The number of hydrogen-bond acceptors (Lipinski definition) is 7. The average Bonchev–Trinajstić information content (AvgIpc) is 3.49. The van der Waals surface area contributed by atoms with E-state index >= 15 is 0 Å². The first kappa shape index (κ1) is 31.7. The van der Waals surface area contributed by atoms with E-state index in [1.54, 1.807) is 33.1 Å². The summed E-state index contributed by atoms with van der Waals surface area (Å²) in [6.45, 7) is 12.1. The van der Waals surface area contributed by atoms with Crippen molar-refractivity contribution in [3.63, 3.8) is 0 Å². The van der Waals surface area contributed by atoms with Crippen molar-refractivity contribution in [3.8, 4) is 5.75 Å². The minimum absolute atomic E-state index is 0.0745. The van der Waals surface area contributed by atoms with E-state index in [4.69, 9.17) is 19.4 Å². The predicted molar refractivity (Wildman–Crippen MR) is 176 cm³/mol. The maximum absolute atomic E-state index is 12.0. The third-order valence-corrected chi connectivity index (χ3v) is 7.96. The van der Waals surface area contributed by atoms with Gasteiger partial charge in [0.2, 0.25) is 0 Å². The normalized spacial score (nSPS) is 12.3. The van der Waals surface area contributed by atoms with Gasteiger partial charge in [0.15, 0.2) is 11.5 Å². The van der Waals surface area contributed by atoms with E-state index in [-0.39, 0.29) is 12.4 Å². The minimum atomic E-state index is -2.21. The number of hydrogen-bond donors (Lipinski definition) is 1. The van der Waals surface area contributed by atoms with Gasteiger partial charge in [0, 0.05) is 12.6 Å². The Morgan fingerprint density at radius 2 is 1.47 bits per heavy atom. The molecule has 0 aliphatic carbocycles. The Balaban J connectivity index is 0.00000207. The van der Waals surface area contributed by atoms with E-state index in [9.17, 15) is 4.57 Å². The van der Waals surface area contributed by atoms with Gasteiger partial charge in [-0.1, -0.05) is 72.8 Å². The lowest BCUT2D eigenvalue weighted by Crippen LogP contribution is -2.38. The third-order valence-electron chi connectivity index (χ3n) is 7.16. The average molecular weight is 598 g/mol. The summed E-state index contributed by atoms with van der Waals surface area (Å²) in [4.78, 5) is 14.1. The largest absolute Gasteiger partial charge is 0.497 e. The van der Waals surface area contributed by atoms with Crippen LogP contribution in [0.2, 0.25) is 0 Å². The van der Waals surface area contributed by atoms with Gasteiger partial charge >= 0.3 is 0 Å². The molecular weight excluding hydrogens is 557 g/mol. The lowest BCUT2D eigenvalue weighted by atomic mass is 9.77. The second-order valence-corrected chi connectivity index (χ2v) is 14.0. The number of nitrogens with zero attached hydrogens (tertiary/aromatic N) is 4. The van der Waals surface area contributed by atoms with Crippen LogP contribution in [-0.4, -0.2) is 52.9 Å². The highest BCUT2D eigenvalue weighted by Crippen LogP contribution is 2.41. The van der Waals surface area contributed by atoms with Crippen LogP contribution in [0.4, 0.5) is 5.82 Å². The molecule has 9 heteroatoms. The van der Waals surface area contributed by atoms with Crippen LogP contribution in [0.1, 0.15) is 36.1 Å². The van der Waals surface area contributed by atoms with Crippen LogP contribution in [0.5, 0.6) is 5.75 Å². The van der Waals surface area contributed by atoms with Crippen molar-refractivity contribution in [1.82, 2.24) is 19.5 Å². The molecule has 1 N–H and O–H groups in total. The Kier molecular flexibility index (Phi) is 10.5. The standard InChI is InChI=1S/C32H36N5O3P.C2H4/c1-24(19-20-40-23-41(3,4)38)37-22-35-29-30(33-21-34-31(29)37)36-32(25-11-7-5-8-12-25,26-13-9-6-10-14-26)27-15-17-28(39-2)18-16-27;1-2/h5-18,21-22,24H,19-20,23H2,1-4H3,(H,33,34,36);1-2H2. The van der Waals surface area contributed by atoms with E-state index in [0.29, 0.717) is 17.9 Å². The summed E-state index contributed by atoms with van der Waals surface area (Å²) in [5.41, 5.74) is 3.76. The molecule has 3 aromatic carbocycles. The zero-order chi connectivity index (χ0) is 30.9. The molecule has 1 atom stereocenters. The van der Waals surface area contributed by atoms with Gasteiger partial charge in [0.25, 0.3) is 0 Å². The minimum Gasteiger partial charge on any atom is -0.497 e. The van der Waals surface area contributed by atoms with Gasteiger partial charge in [-0.05, 0) is 55.5 Å². The van der Waals surface area contributed by atoms with Crippen molar-refractivity contribution < 1.29 is 14.0 Å². The fourth-order valence-electron chi connectivity index (χ4n) is 5.05. The molecule has 2 heterocycles. The number of aromatic nitrogens is 4. The maximum atomic E-state index is 12.0. The third kappa shape index (κ3) is 7.22. The summed E-state index contributed by atoms with van der Waals surface area (Å²) in [7, 11) is -0.541. The number of methoxy groups -OCH3 is 1. The summed E-state index contributed by atoms with van der Waals surface area (Å²) in [6.07, 6.45) is 4.40. The number of anilines is 1. The highest BCUT2D eigenvalue weighted by molar-refractivity contribution is 7.62. The zero-order valence-electron chi connectivity index (χ0n) is 25.3. The van der Waals surface area contributed by atoms with Crippen molar-refractivity contribution in [2.75, 3.05) is 38.7 Å². The molecule has 0 amide bonds. The monoisotopic (exact) mass is 597 g/mol. The van der Waals surface area contributed by atoms with E-state index in [0.717, 1.165) is 34.5 Å². The van der Waals surface area contributed by atoms with Crippen molar-refractivity contribution in [2.45, 2.75) is 24.9 Å². The number of fused-ring (bicyclic) bond motifs is 1. The fraction of sp³-hybridized carbons (Fsp3) is 0.265. The smallest absolute Gasteiger partial charge is 0.165 e. The van der Waals surface area contributed by atoms with Gasteiger partial charge in [-0.3, -0.25) is 0 Å². The quantitative estimate of drug-likeness (QED) is 0.0686. The molecule has 0 aliphatic rings. The Hall–Kier alpha value is -4.26. The molecule has 5 rings (SSSR count). The Morgan fingerprint density at radius 3 is 2.02 bits per heavy atom. The summed E-state index contributed by atoms with van der Waals surface area (Å²) >= 11 is 0. The summed E-state index contributed by atoms with van der Waals surface area (Å²) < 4.78 is 25.2. The predicted octanol–water partition coefficient (Wildman–Crippen LogP) is 7.59. The van der Waals surface area contributed by atoms with Crippen molar-refractivity contribution in [2.24, 2.45) is 0 Å². The summed E-state index contributed by atoms with van der Waals surface area (Å²) in [5, 5.41) is 3.82. The molecular formula is C34H40N5O3P. The fourth-order valence-corrected chi connectivity index (χ4v) is 5.62. The lowest BCUT2D eigenvalue weighted by Gasteiger charge is -2.37. The molecule has 5 aromatic rings. The second kappa shape index (κ2) is 14.3. The number of benzene rings is 3. The number of imidazole rings is 1. The molecule has 0 aliphatic heterocycles. The number of ether oxygens (including phenoxy) is 2. The number of rotatable bonds is 12. The van der Waals surface area contributed by atoms with Crippen LogP contribution in [-0.2, 0) is 14.8 Å². The van der Waals surface area contributed by atoms with E-state index in [2.05, 4.69) is 66.8 Å². The molecule has 2 aromatic heterocycles. The second-order valence-electron chi connectivity index (χ2n) is 10.6. The zero-order valence-corrected chi connectivity index (χ0v) is 26.2. The van der Waals surface area contributed by atoms with Crippen molar-refractivity contribution in [1.29, 1.82) is 0 Å². The highest BCUT2D eigenvalue weighted by atomic mass is 31.2. The molecule has 0 radical (unpaired) electrons. The van der Waals surface area contributed by atoms with Crippen LogP contribution in [0.3, 0.4) is 0 Å². The van der Waals surface area contributed by atoms with Gasteiger partial charge in [0.05, 0.1) is 19.8 Å². The summed E-state index contributed by atoms with van der Waals surface area (Å²) in [5.74, 6) is 1.41. The van der Waals surface area contributed by atoms with Gasteiger partial charge in [-0.25, -0.2) is 15.0 Å². The van der Waals surface area contributed by atoms with Crippen LogP contribution < -0.4 is 10.1 Å². The molecule has 0 saturated carbocycles. The molecule has 0 bridgehead atoms. The molecule has 0 fully saturated rings. The molecule has 1 unspecified atom stereocenters. The van der Waals surface area contributed by atoms with Gasteiger partial charge in [0.1, 0.15) is 30.3 Å². The molecule has 0 saturated heterocycles. The molecule has 43 heavy (non-hydrogen) atoms. The maximum Gasteiger partial charge on any atom is 0.165 e.